The zero-order valence-corrected chi connectivity index (χ0v) is 12.3. The largest absolute Gasteiger partial charge is 0.480 e. The molecule has 21 heavy (non-hydrogen) atoms. The first kappa shape index (κ1) is 14.3. The summed E-state index contributed by atoms with van der Waals surface area (Å²) >= 11 is 11.9. The lowest BCUT2D eigenvalue weighted by Gasteiger charge is -2.07. The average Bonchev–Trinajstić information content (AvgIpc) is 3.07. The SMILES string of the molecule is O=C(O)[C@@H]1C[C@H](n2cc(-c3cc(Cl)cc(Cl)c3)nn2)CN1. The fourth-order valence-corrected chi connectivity index (χ4v) is 2.92. The van der Waals surface area contributed by atoms with Gasteiger partial charge in [0.05, 0.1) is 12.2 Å². The maximum Gasteiger partial charge on any atom is 0.320 e. The summed E-state index contributed by atoms with van der Waals surface area (Å²) in [5.74, 6) is -0.848. The van der Waals surface area contributed by atoms with Gasteiger partial charge < -0.3 is 10.4 Å². The lowest BCUT2D eigenvalue weighted by atomic mass is 10.1. The molecule has 0 aliphatic carbocycles. The molecule has 0 spiro atoms. The van der Waals surface area contributed by atoms with E-state index >= 15 is 0 Å². The first-order chi connectivity index (χ1) is 10.0. The number of halogens is 2. The second-order valence-electron chi connectivity index (χ2n) is 4.93. The third-order valence-electron chi connectivity index (χ3n) is 3.45. The molecule has 6 nitrogen and oxygen atoms in total. The predicted octanol–water partition coefficient (Wildman–Crippen LogP) is 2.24. The number of carboxylic acids is 1. The van der Waals surface area contributed by atoms with Gasteiger partial charge in [0.15, 0.2) is 0 Å². The quantitative estimate of drug-likeness (QED) is 0.904. The minimum absolute atomic E-state index is 0.0259. The second-order valence-corrected chi connectivity index (χ2v) is 5.80. The predicted molar refractivity (Wildman–Crippen MR) is 78.6 cm³/mol. The van der Waals surface area contributed by atoms with Gasteiger partial charge in [-0.05, 0) is 24.6 Å². The summed E-state index contributed by atoms with van der Waals surface area (Å²) in [6.45, 7) is 0.552. The number of carboxylic acid groups (broad SMARTS) is 1. The molecule has 1 aromatic heterocycles. The van der Waals surface area contributed by atoms with Gasteiger partial charge in [-0.15, -0.1) is 5.10 Å². The van der Waals surface area contributed by atoms with E-state index in [1.807, 2.05) is 0 Å². The van der Waals surface area contributed by atoms with Crippen molar-refractivity contribution < 1.29 is 9.90 Å². The zero-order chi connectivity index (χ0) is 15.0. The Balaban J connectivity index is 1.82. The van der Waals surface area contributed by atoms with Gasteiger partial charge in [0.25, 0.3) is 0 Å². The van der Waals surface area contributed by atoms with Crippen molar-refractivity contribution in [3.05, 3.63) is 34.4 Å². The van der Waals surface area contributed by atoms with Gasteiger partial charge in [0, 0.05) is 22.2 Å². The van der Waals surface area contributed by atoms with Gasteiger partial charge in [-0.25, -0.2) is 4.68 Å². The van der Waals surface area contributed by atoms with Crippen molar-refractivity contribution in [1.29, 1.82) is 0 Å². The Morgan fingerprint density at radius 2 is 2.05 bits per heavy atom. The van der Waals surface area contributed by atoms with Gasteiger partial charge in [0.2, 0.25) is 0 Å². The molecule has 2 aromatic rings. The van der Waals surface area contributed by atoms with Crippen LogP contribution in [-0.2, 0) is 4.79 Å². The highest BCUT2D eigenvalue weighted by molar-refractivity contribution is 6.35. The molecule has 1 aromatic carbocycles. The molecule has 2 N–H and O–H groups in total. The number of hydrogen-bond acceptors (Lipinski definition) is 4. The first-order valence-electron chi connectivity index (χ1n) is 6.37. The molecule has 1 fully saturated rings. The molecule has 0 bridgehead atoms. The van der Waals surface area contributed by atoms with E-state index in [9.17, 15) is 4.79 Å². The van der Waals surface area contributed by atoms with E-state index in [0.717, 1.165) is 5.56 Å². The molecule has 0 saturated carbocycles. The van der Waals surface area contributed by atoms with Crippen LogP contribution in [0.5, 0.6) is 0 Å². The molecular formula is C13H12Cl2N4O2. The molecule has 110 valence electrons. The summed E-state index contributed by atoms with van der Waals surface area (Å²) in [5.41, 5.74) is 1.43. The molecule has 0 unspecified atom stereocenters. The van der Waals surface area contributed by atoms with Crippen molar-refractivity contribution in [2.75, 3.05) is 6.54 Å². The van der Waals surface area contributed by atoms with E-state index in [1.54, 1.807) is 29.1 Å². The molecular weight excluding hydrogens is 315 g/mol. The smallest absolute Gasteiger partial charge is 0.320 e. The second kappa shape index (κ2) is 5.63. The van der Waals surface area contributed by atoms with Gasteiger partial charge in [-0.1, -0.05) is 28.4 Å². The van der Waals surface area contributed by atoms with Crippen molar-refractivity contribution in [1.82, 2.24) is 20.3 Å². The van der Waals surface area contributed by atoms with Crippen LogP contribution in [0.4, 0.5) is 0 Å². The van der Waals surface area contributed by atoms with Crippen molar-refractivity contribution in [3.8, 4) is 11.3 Å². The van der Waals surface area contributed by atoms with Crippen molar-refractivity contribution in [2.45, 2.75) is 18.5 Å². The lowest BCUT2D eigenvalue weighted by Crippen LogP contribution is -2.29. The van der Waals surface area contributed by atoms with Gasteiger partial charge in [-0.2, -0.15) is 0 Å². The summed E-state index contributed by atoms with van der Waals surface area (Å²) in [4.78, 5) is 10.9. The van der Waals surface area contributed by atoms with Crippen LogP contribution in [0.2, 0.25) is 10.0 Å². The Kier molecular flexibility index (Phi) is 3.84. The van der Waals surface area contributed by atoms with E-state index in [2.05, 4.69) is 15.6 Å². The highest BCUT2D eigenvalue weighted by Gasteiger charge is 2.30. The summed E-state index contributed by atoms with van der Waals surface area (Å²) in [6, 6.07) is 4.60. The Bertz CT molecular complexity index is 668. The standard InChI is InChI=1S/C13H12Cl2N4O2/c14-8-1-7(2-9(15)3-8)12-6-19(18-17-12)10-4-11(13(20)21)16-5-10/h1-3,6,10-11,16H,4-5H2,(H,20,21)/t10-,11-/m0/s1. The van der Waals surface area contributed by atoms with Crippen molar-refractivity contribution in [2.24, 2.45) is 0 Å². The summed E-state index contributed by atoms with van der Waals surface area (Å²) in [5, 5.41) is 21.2. The average molecular weight is 327 g/mol. The number of nitrogens with zero attached hydrogens (tertiary/aromatic N) is 3. The monoisotopic (exact) mass is 326 g/mol. The maximum absolute atomic E-state index is 10.9. The van der Waals surface area contributed by atoms with E-state index in [1.165, 1.54) is 0 Å². The Labute approximate surface area is 130 Å². The van der Waals surface area contributed by atoms with Crippen molar-refractivity contribution in [3.63, 3.8) is 0 Å². The normalized spacial score (nSPS) is 21.6. The van der Waals surface area contributed by atoms with E-state index in [-0.39, 0.29) is 6.04 Å². The third-order valence-corrected chi connectivity index (χ3v) is 3.88. The van der Waals surface area contributed by atoms with Crippen LogP contribution < -0.4 is 5.32 Å². The number of benzene rings is 1. The number of rotatable bonds is 3. The van der Waals surface area contributed by atoms with E-state index in [4.69, 9.17) is 28.3 Å². The molecule has 1 aliphatic rings. The minimum Gasteiger partial charge on any atom is -0.480 e. The number of hydrogen-bond donors (Lipinski definition) is 2. The van der Waals surface area contributed by atoms with Crippen LogP contribution in [0.1, 0.15) is 12.5 Å². The van der Waals surface area contributed by atoms with Crippen LogP contribution in [0.3, 0.4) is 0 Å². The molecule has 0 amide bonds. The van der Waals surface area contributed by atoms with Crippen molar-refractivity contribution >= 4 is 29.2 Å². The van der Waals surface area contributed by atoms with Crippen LogP contribution in [-0.4, -0.2) is 38.7 Å². The highest BCUT2D eigenvalue weighted by atomic mass is 35.5. The summed E-state index contributed by atoms with van der Waals surface area (Å²) in [7, 11) is 0. The number of nitrogens with one attached hydrogen (secondary N) is 1. The Hall–Kier alpha value is -1.63. The molecule has 2 heterocycles. The van der Waals surface area contributed by atoms with Gasteiger partial charge in [-0.3, -0.25) is 4.79 Å². The molecule has 3 rings (SSSR count). The maximum atomic E-state index is 10.9. The first-order valence-corrected chi connectivity index (χ1v) is 7.13. The topological polar surface area (TPSA) is 80.0 Å². The fraction of sp³-hybridized carbons (Fsp3) is 0.308. The fourth-order valence-electron chi connectivity index (χ4n) is 2.40. The molecule has 8 heteroatoms. The number of carbonyl (C=O) groups is 1. The Morgan fingerprint density at radius 3 is 2.67 bits per heavy atom. The lowest BCUT2D eigenvalue weighted by molar-refractivity contribution is -0.139. The summed E-state index contributed by atoms with van der Waals surface area (Å²) < 4.78 is 1.68. The zero-order valence-electron chi connectivity index (χ0n) is 10.8. The van der Waals surface area contributed by atoms with Crippen LogP contribution in [0.15, 0.2) is 24.4 Å². The minimum atomic E-state index is -0.848. The highest BCUT2D eigenvalue weighted by Crippen LogP contribution is 2.27. The van der Waals surface area contributed by atoms with Gasteiger partial charge in [0.1, 0.15) is 11.7 Å². The molecule has 1 aliphatic heterocycles. The summed E-state index contributed by atoms with van der Waals surface area (Å²) in [6.07, 6.45) is 2.26. The molecule has 1 saturated heterocycles. The number of aromatic nitrogens is 3. The van der Waals surface area contributed by atoms with E-state index in [0.29, 0.717) is 28.7 Å². The van der Waals surface area contributed by atoms with Crippen LogP contribution >= 0.6 is 23.2 Å². The van der Waals surface area contributed by atoms with Crippen LogP contribution in [0.25, 0.3) is 11.3 Å². The van der Waals surface area contributed by atoms with Gasteiger partial charge >= 0.3 is 5.97 Å². The van der Waals surface area contributed by atoms with Crippen LogP contribution in [0, 0.1) is 0 Å². The Morgan fingerprint density at radius 1 is 1.33 bits per heavy atom. The molecule has 0 radical (unpaired) electrons. The van der Waals surface area contributed by atoms with E-state index < -0.39 is 12.0 Å². The third kappa shape index (κ3) is 3.02. The number of aliphatic carboxylic acids is 1. The molecule has 2 atom stereocenters.